The summed E-state index contributed by atoms with van der Waals surface area (Å²) in [6.07, 6.45) is -0.760. The minimum Gasteiger partial charge on any atom is -0.493 e. The first-order valence-corrected chi connectivity index (χ1v) is 8.54. The second-order valence-corrected chi connectivity index (χ2v) is 6.08. The third kappa shape index (κ3) is 4.15. The van der Waals surface area contributed by atoms with Crippen LogP contribution in [-0.4, -0.2) is 28.5 Å². The number of aromatic nitrogens is 2. The summed E-state index contributed by atoms with van der Waals surface area (Å²) < 4.78 is 28.0. The number of para-hydroxylation sites is 2. The first-order valence-electron chi connectivity index (χ1n) is 7.77. The van der Waals surface area contributed by atoms with Crippen LogP contribution >= 0.6 is 11.5 Å². The van der Waals surface area contributed by atoms with Gasteiger partial charge >= 0.3 is 0 Å². The van der Waals surface area contributed by atoms with Gasteiger partial charge in [0.1, 0.15) is 5.82 Å². The Hall–Kier alpha value is -3.00. The molecule has 0 radical (unpaired) electrons. The monoisotopic (exact) mass is 373 g/mol. The molecular weight excluding hydrogens is 357 g/mol. The quantitative estimate of drug-likeness (QED) is 0.712. The molecule has 6 nitrogen and oxygen atoms in total. The lowest BCUT2D eigenvalue weighted by atomic mass is 10.2. The van der Waals surface area contributed by atoms with Crippen LogP contribution in [0.3, 0.4) is 0 Å². The van der Waals surface area contributed by atoms with Crippen molar-refractivity contribution in [2.45, 2.75) is 13.0 Å². The topological polar surface area (TPSA) is 73.3 Å². The van der Waals surface area contributed by atoms with Crippen molar-refractivity contribution >= 4 is 22.6 Å². The van der Waals surface area contributed by atoms with E-state index in [1.54, 1.807) is 37.3 Å². The molecule has 8 heteroatoms. The lowest BCUT2D eigenvalue weighted by molar-refractivity contribution is -0.122. The highest BCUT2D eigenvalue weighted by Gasteiger charge is 2.18. The van der Waals surface area contributed by atoms with Gasteiger partial charge in [0.15, 0.2) is 23.4 Å². The van der Waals surface area contributed by atoms with Crippen molar-refractivity contribution in [3.05, 3.63) is 54.3 Å². The van der Waals surface area contributed by atoms with Crippen molar-refractivity contribution in [2.75, 3.05) is 12.4 Å². The summed E-state index contributed by atoms with van der Waals surface area (Å²) in [5.74, 6) is 0.740. The Balaban J connectivity index is 1.65. The predicted octanol–water partition coefficient (Wildman–Crippen LogP) is 3.76. The van der Waals surface area contributed by atoms with Gasteiger partial charge in [0, 0.05) is 17.1 Å². The third-order valence-corrected chi connectivity index (χ3v) is 4.13. The molecule has 0 saturated carbocycles. The van der Waals surface area contributed by atoms with Gasteiger partial charge in [0.2, 0.25) is 5.13 Å². The third-order valence-electron chi connectivity index (χ3n) is 3.50. The number of methoxy groups -OCH3 is 1. The molecule has 1 heterocycles. The fraction of sp³-hybridized carbons (Fsp3) is 0.167. The molecule has 1 amide bonds. The van der Waals surface area contributed by atoms with Crippen LogP contribution in [0.15, 0.2) is 48.5 Å². The van der Waals surface area contributed by atoms with E-state index in [0.717, 1.165) is 11.5 Å². The summed E-state index contributed by atoms with van der Waals surface area (Å²) in [5.41, 5.74) is 0.668. The van der Waals surface area contributed by atoms with Crippen molar-refractivity contribution in [1.82, 2.24) is 9.36 Å². The lowest BCUT2D eigenvalue weighted by Crippen LogP contribution is -2.30. The van der Waals surface area contributed by atoms with Crippen molar-refractivity contribution in [3.63, 3.8) is 0 Å². The molecule has 0 unspecified atom stereocenters. The maximum atomic E-state index is 13.0. The zero-order valence-electron chi connectivity index (χ0n) is 14.1. The summed E-state index contributed by atoms with van der Waals surface area (Å²) >= 11 is 1.04. The van der Waals surface area contributed by atoms with Crippen molar-refractivity contribution in [3.8, 4) is 22.9 Å². The zero-order valence-corrected chi connectivity index (χ0v) is 14.9. The molecule has 1 aromatic heterocycles. The molecule has 26 heavy (non-hydrogen) atoms. The second kappa shape index (κ2) is 7.92. The van der Waals surface area contributed by atoms with E-state index in [4.69, 9.17) is 9.47 Å². The number of ether oxygens (including phenoxy) is 2. The van der Waals surface area contributed by atoms with Crippen LogP contribution in [0.1, 0.15) is 6.92 Å². The molecule has 0 aliphatic rings. The smallest absolute Gasteiger partial charge is 0.266 e. The van der Waals surface area contributed by atoms with Gasteiger partial charge in [-0.25, -0.2) is 4.39 Å². The first-order chi connectivity index (χ1) is 12.6. The molecule has 0 spiro atoms. The van der Waals surface area contributed by atoms with E-state index in [2.05, 4.69) is 14.7 Å². The maximum Gasteiger partial charge on any atom is 0.266 e. The molecule has 0 fully saturated rings. The highest BCUT2D eigenvalue weighted by atomic mass is 32.1. The number of anilines is 1. The number of hydrogen-bond acceptors (Lipinski definition) is 6. The second-order valence-electron chi connectivity index (χ2n) is 5.33. The number of amides is 1. The van der Waals surface area contributed by atoms with Gasteiger partial charge in [-0.3, -0.25) is 10.1 Å². The average molecular weight is 373 g/mol. The van der Waals surface area contributed by atoms with Crippen LogP contribution in [0.25, 0.3) is 11.4 Å². The number of rotatable bonds is 6. The number of benzene rings is 2. The summed E-state index contributed by atoms with van der Waals surface area (Å²) in [5, 5.41) is 3.00. The van der Waals surface area contributed by atoms with Crippen LogP contribution in [0.2, 0.25) is 0 Å². The Morgan fingerprint density at radius 1 is 1.15 bits per heavy atom. The molecule has 0 aliphatic carbocycles. The molecule has 3 rings (SSSR count). The molecule has 2 aromatic carbocycles. The SMILES string of the molecule is COc1ccccc1O[C@H](C)C(=O)Nc1nc(-c2ccc(F)cc2)ns1. The molecule has 1 N–H and O–H groups in total. The summed E-state index contributed by atoms with van der Waals surface area (Å²) in [7, 11) is 1.53. The van der Waals surface area contributed by atoms with E-state index in [0.29, 0.717) is 28.0 Å². The minimum absolute atomic E-state index is 0.334. The summed E-state index contributed by atoms with van der Waals surface area (Å²) in [6, 6.07) is 12.9. The largest absolute Gasteiger partial charge is 0.493 e. The highest BCUT2D eigenvalue weighted by Crippen LogP contribution is 2.27. The Kier molecular flexibility index (Phi) is 5.43. The van der Waals surface area contributed by atoms with Gasteiger partial charge in [-0.05, 0) is 43.3 Å². The van der Waals surface area contributed by atoms with Gasteiger partial charge in [-0.1, -0.05) is 12.1 Å². The van der Waals surface area contributed by atoms with Crippen LogP contribution < -0.4 is 14.8 Å². The fourth-order valence-electron chi connectivity index (χ4n) is 2.16. The fourth-order valence-corrected chi connectivity index (χ4v) is 2.75. The van der Waals surface area contributed by atoms with Gasteiger partial charge in [-0.15, -0.1) is 0 Å². The Labute approximate surface area is 153 Å². The standard InChI is InChI=1S/C18H16FN3O3S/c1-11(25-15-6-4-3-5-14(15)24-2)17(23)21-18-20-16(22-26-18)12-7-9-13(19)10-8-12/h3-11H,1-2H3,(H,20,21,22,23)/t11-/m1/s1. The van der Waals surface area contributed by atoms with Gasteiger partial charge < -0.3 is 9.47 Å². The first kappa shape index (κ1) is 17.8. The lowest BCUT2D eigenvalue weighted by Gasteiger charge is -2.15. The van der Waals surface area contributed by atoms with Crippen LogP contribution in [0, 0.1) is 5.82 Å². The van der Waals surface area contributed by atoms with Gasteiger partial charge in [-0.2, -0.15) is 9.36 Å². The Morgan fingerprint density at radius 2 is 1.85 bits per heavy atom. The van der Waals surface area contributed by atoms with Crippen molar-refractivity contribution in [1.29, 1.82) is 0 Å². The molecule has 0 bridgehead atoms. The number of carbonyl (C=O) groups excluding carboxylic acids is 1. The number of carbonyl (C=O) groups is 1. The minimum atomic E-state index is -0.760. The van der Waals surface area contributed by atoms with Crippen molar-refractivity contribution < 1.29 is 18.7 Å². The summed E-state index contributed by atoms with van der Waals surface area (Å²) in [4.78, 5) is 16.6. The Bertz CT molecular complexity index is 899. The molecular formula is C18H16FN3O3S. The van der Waals surface area contributed by atoms with Crippen LogP contribution in [-0.2, 0) is 4.79 Å². The van der Waals surface area contributed by atoms with Crippen molar-refractivity contribution in [2.24, 2.45) is 0 Å². The van der Waals surface area contributed by atoms with E-state index < -0.39 is 6.10 Å². The van der Waals surface area contributed by atoms with Gasteiger partial charge in [0.05, 0.1) is 7.11 Å². The predicted molar refractivity (Wildman–Crippen MR) is 97.0 cm³/mol. The number of nitrogens with one attached hydrogen (secondary N) is 1. The van der Waals surface area contributed by atoms with E-state index in [-0.39, 0.29) is 11.7 Å². The molecule has 0 aliphatic heterocycles. The zero-order chi connectivity index (χ0) is 18.5. The molecule has 0 saturated heterocycles. The number of nitrogens with zero attached hydrogens (tertiary/aromatic N) is 2. The summed E-state index contributed by atoms with van der Waals surface area (Å²) in [6.45, 7) is 1.63. The molecule has 134 valence electrons. The van der Waals surface area contributed by atoms with E-state index in [9.17, 15) is 9.18 Å². The Morgan fingerprint density at radius 3 is 2.54 bits per heavy atom. The molecule has 3 aromatic rings. The average Bonchev–Trinajstić information content (AvgIpc) is 3.11. The highest BCUT2D eigenvalue weighted by molar-refractivity contribution is 7.10. The van der Waals surface area contributed by atoms with E-state index >= 15 is 0 Å². The maximum absolute atomic E-state index is 13.0. The number of halogens is 1. The van der Waals surface area contributed by atoms with Gasteiger partial charge in [0.25, 0.3) is 5.91 Å². The van der Waals surface area contributed by atoms with Crippen LogP contribution in [0.5, 0.6) is 11.5 Å². The van der Waals surface area contributed by atoms with Crippen LogP contribution in [0.4, 0.5) is 9.52 Å². The molecule has 1 atom stereocenters. The number of hydrogen-bond donors (Lipinski definition) is 1. The van der Waals surface area contributed by atoms with E-state index in [1.807, 2.05) is 6.07 Å². The normalized spacial score (nSPS) is 11.7. The van der Waals surface area contributed by atoms with E-state index in [1.165, 1.54) is 19.2 Å².